The van der Waals surface area contributed by atoms with Gasteiger partial charge >= 0.3 is 0 Å². The summed E-state index contributed by atoms with van der Waals surface area (Å²) in [4.78, 5) is 17.9. The largest absolute Gasteiger partial charge is 0.399 e. The van der Waals surface area contributed by atoms with E-state index in [1.807, 2.05) is 6.92 Å². The lowest BCUT2D eigenvalue weighted by molar-refractivity contribution is 0.102. The molecule has 1 aliphatic carbocycles. The fraction of sp³-hybridized carbons (Fsp3) is 0.286. The van der Waals surface area contributed by atoms with E-state index in [0.717, 1.165) is 24.1 Å². The van der Waals surface area contributed by atoms with Crippen molar-refractivity contribution in [3.8, 4) is 0 Å². The van der Waals surface area contributed by atoms with Crippen LogP contribution in [0.15, 0.2) is 18.2 Å². The van der Waals surface area contributed by atoms with Gasteiger partial charge < -0.3 is 5.73 Å². The van der Waals surface area contributed by atoms with Crippen LogP contribution in [0.4, 0.5) is 10.8 Å². The van der Waals surface area contributed by atoms with Gasteiger partial charge in [0.25, 0.3) is 5.91 Å². The SMILES string of the molecule is Cc1cc(C(=O)Nc2nc3c(s2)CCC3)ccc1N. The van der Waals surface area contributed by atoms with Gasteiger partial charge in [0, 0.05) is 16.1 Å². The first-order chi connectivity index (χ1) is 9.13. The van der Waals surface area contributed by atoms with Crippen LogP contribution in [0.2, 0.25) is 0 Å². The predicted molar refractivity (Wildman–Crippen MR) is 77.7 cm³/mol. The Bertz CT molecular complexity index is 627. The number of thiazole rings is 1. The summed E-state index contributed by atoms with van der Waals surface area (Å²) in [5.74, 6) is -0.129. The molecule has 1 aliphatic rings. The summed E-state index contributed by atoms with van der Waals surface area (Å²) < 4.78 is 0. The van der Waals surface area contributed by atoms with E-state index in [4.69, 9.17) is 5.73 Å². The topological polar surface area (TPSA) is 68.0 Å². The molecule has 0 unspecified atom stereocenters. The van der Waals surface area contributed by atoms with Gasteiger partial charge in [0.1, 0.15) is 0 Å². The highest BCUT2D eigenvalue weighted by Crippen LogP contribution is 2.30. The number of aryl methyl sites for hydroxylation is 3. The molecule has 98 valence electrons. The number of nitrogens with two attached hydrogens (primary N) is 1. The molecule has 2 aromatic rings. The maximum absolute atomic E-state index is 12.1. The van der Waals surface area contributed by atoms with E-state index in [0.29, 0.717) is 16.4 Å². The average Bonchev–Trinajstić information content (AvgIpc) is 2.93. The fourth-order valence-electron chi connectivity index (χ4n) is 2.23. The number of nitrogens with zero attached hydrogens (tertiary/aromatic N) is 1. The van der Waals surface area contributed by atoms with Crippen molar-refractivity contribution < 1.29 is 4.79 Å². The monoisotopic (exact) mass is 273 g/mol. The van der Waals surface area contributed by atoms with E-state index >= 15 is 0 Å². The second-order valence-electron chi connectivity index (χ2n) is 4.77. The number of nitrogens with one attached hydrogen (secondary N) is 1. The molecule has 3 rings (SSSR count). The zero-order chi connectivity index (χ0) is 13.4. The number of fused-ring (bicyclic) bond motifs is 1. The Balaban J connectivity index is 1.78. The quantitative estimate of drug-likeness (QED) is 0.827. The van der Waals surface area contributed by atoms with E-state index in [2.05, 4.69) is 10.3 Å². The van der Waals surface area contributed by atoms with Crippen molar-refractivity contribution in [3.05, 3.63) is 39.9 Å². The summed E-state index contributed by atoms with van der Waals surface area (Å²) in [6.07, 6.45) is 3.30. The molecule has 0 spiro atoms. The molecule has 0 aliphatic heterocycles. The molecule has 4 nitrogen and oxygen atoms in total. The van der Waals surface area contributed by atoms with Crippen molar-refractivity contribution >= 4 is 28.1 Å². The van der Waals surface area contributed by atoms with Crippen LogP contribution in [-0.4, -0.2) is 10.9 Å². The van der Waals surface area contributed by atoms with Crippen LogP contribution < -0.4 is 11.1 Å². The number of benzene rings is 1. The molecular formula is C14H15N3OS. The van der Waals surface area contributed by atoms with Gasteiger partial charge in [0.2, 0.25) is 0 Å². The van der Waals surface area contributed by atoms with Crippen molar-refractivity contribution in [2.24, 2.45) is 0 Å². The molecule has 0 saturated carbocycles. The molecule has 0 radical (unpaired) electrons. The molecule has 1 aromatic heterocycles. The molecule has 0 fully saturated rings. The Morgan fingerprint density at radius 3 is 3.00 bits per heavy atom. The van der Waals surface area contributed by atoms with Gasteiger partial charge in [0.05, 0.1) is 5.69 Å². The first-order valence-electron chi connectivity index (χ1n) is 6.29. The van der Waals surface area contributed by atoms with Gasteiger partial charge in [-0.15, -0.1) is 11.3 Å². The number of aromatic nitrogens is 1. The number of anilines is 2. The van der Waals surface area contributed by atoms with Crippen molar-refractivity contribution in [2.45, 2.75) is 26.2 Å². The van der Waals surface area contributed by atoms with Crippen LogP contribution in [-0.2, 0) is 12.8 Å². The smallest absolute Gasteiger partial charge is 0.257 e. The molecule has 0 bridgehead atoms. The lowest BCUT2D eigenvalue weighted by atomic mass is 10.1. The minimum absolute atomic E-state index is 0.129. The van der Waals surface area contributed by atoms with Gasteiger partial charge in [-0.3, -0.25) is 10.1 Å². The minimum Gasteiger partial charge on any atom is -0.399 e. The van der Waals surface area contributed by atoms with Crippen LogP contribution >= 0.6 is 11.3 Å². The molecule has 0 atom stereocenters. The highest BCUT2D eigenvalue weighted by molar-refractivity contribution is 7.15. The molecule has 19 heavy (non-hydrogen) atoms. The Morgan fingerprint density at radius 2 is 2.26 bits per heavy atom. The first-order valence-corrected chi connectivity index (χ1v) is 7.11. The number of hydrogen-bond donors (Lipinski definition) is 2. The summed E-state index contributed by atoms with van der Waals surface area (Å²) in [5.41, 5.74) is 9.12. The first kappa shape index (κ1) is 12.2. The predicted octanol–water partition coefficient (Wildman–Crippen LogP) is 2.77. The third-order valence-corrected chi connectivity index (χ3v) is 4.42. The van der Waals surface area contributed by atoms with E-state index in [1.165, 1.54) is 11.3 Å². The molecule has 0 saturated heterocycles. The summed E-state index contributed by atoms with van der Waals surface area (Å²) in [6.45, 7) is 1.89. The summed E-state index contributed by atoms with van der Waals surface area (Å²) in [6, 6.07) is 5.29. The Hall–Kier alpha value is -1.88. The van der Waals surface area contributed by atoms with E-state index < -0.39 is 0 Å². The van der Waals surface area contributed by atoms with Gasteiger partial charge in [0.15, 0.2) is 5.13 Å². The minimum atomic E-state index is -0.129. The second kappa shape index (κ2) is 4.66. The van der Waals surface area contributed by atoms with E-state index in [-0.39, 0.29) is 5.91 Å². The zero-order valence-corrected chi connectivity index (χ0v) is 11.5. The Morgan fingerprint density at radius 1 is 1.42 bits per heavy atom. The molecule has 1 amide bonds. The van der Waals surface area contributed by atoms with Crippen LogP contribution in [0.25, 0.3) is 0 Å². The number of carbonyl (C=O) groups is 1. The number of amides is 1. The highest BCUT2D eigenvalue weighted by Gasteiger charge is 2.18. The van der Waals surface area contributed by atoms with Gasteiger partial charge in [-0.25, -0.2) is 4.98 Å². The van der Waals surface area contributed by atoms with Crippen LogP contribution in [0.5, 0.6) is 0 Å². The van der Waals surface area contributed by atoms with E-state index in [9.17, 15) is 4.79 Å². The van der Waals surface area contributed by atoms with Gasteiger partial charge in [-0.2, -0.15) is 0 Å². The van der Waals surface area contributed by atoms with Crippen molar-refractivity contribution in [3.63, 3.8) is 0 Å². The Labute approximate surface area is 115 Å². The molecule has 3 N–H and O–H groups in total. The number of rotatable bonds is 2. The second-order valence-corrected chi connectivity index (χ2v) is 5.85. The van der Waals surface area contributed by atoms with E-state index in [1.54, 1.807) is 29.5 Å². The maximum atomic E-state index is 12.1. The van der Waals surface area contributed by atoms with Crippen LogP contribution in [0, 0.1) is 6.92 Å². The molecule has 1 heterocycles. The lowest BCUT2D eigenvalue weighted by Gasteiger charge is -2.04. The van der Waals surface area contributed by atoms with Crippen molar-refractivity contribution in [2.75, 3.05) is 11.1 Å². The maximum Gasteiger partial charge on any atom is 0.257 e. The van der Waals surface area contributed by atoms with Crippen molar-refractivity contribution in [1.29, 1.82) is 0 Å². The molecular weight excluding hydrogens is 258 g/mol. The molecule has 1 aromatic carbocycles. The Kier molecular flexibility index (Phi) is 2.98. The third-order valence-electron chi connectivity index (χ3n) is 3.35. The highest BCUT2D eigenvalue weighted by atomic mass is 32.1. The lowest BCUT2D eigenvalue weighted by Crippen LogP contribution is -2.12. The number of hydrogen-bond acceptors (Lipinski definition) is 4. The fourth-order valence-corrected chi connectivity index (χ4v) is 3.27. The summed E-state index contributed by atoms with van der Waals surface area (Å²) in [7, 11) is 0. The summed E-state index contributed by atoms with van der Waals surface area (Å²) in [5, 5.41) is 3.56. The standard InChI is InChI=1S/C14H15N3OS/c1-8-7-9(5-6-10(8)15)13(18)17-14-16-11-3-2-4-12(11)19-14/h5-7H,2-4,15H2,1H3,(H,16,17,18). The average molecular weight is 273 g/mol. The molecule has 5 heteroatoms. The summed E-state index contributed by atoms with van der Waals surface area (Å²) >= 11 is 1.58. The van der Waals surface area contributed by atoms with Gasteiger partial charge in [-0.1, -0.05) is 0 Å². The number of nitrogen functional groups attached to an aromatic ring is 1. The number of carbonyl (C=O) groups excluding carboxylic acids is 1. The third kappa shape index (κ3) is 2.33. The van der Waals surface area contributed by atoms with Crippen LogP contribution in [0.1, 0.15) is 32.9 Å². The normalized spacial score (nSPS) is 13.3. The van der Waals surface area contributed by atoms with Gasteiger partial charge in [-0.05, 0) is 49.9 Å². The van der Waals surface area contributed by atoms with Crippen molar-refractivity contribution in [1.82, 2.24) is 4.98 Å². The zero-order valence-electron chi connectivity index (χ0n) is 10.7. The van der Waals surface area contributed by atoms with Crippen LogP contribution in [0.3, 0.4) is 0 Å².